The highest BCUT2D eigenvalue weighted by Crippen LogP contribution is 2.30. The van der Waals surface area contributed by atoms with Gasteiger partial charge in [0.15, 0.2) is 0 Å². The summed E-state index contributed by atoms with van der Waals surface area (Å²) in [5.74, 6) is 1.77. The third kappa shape index (κ3) is 5.78. The van der Waals surface area contributed by atoms with Gasteiger partial charge < -0.3 is 19.5 Å². The van der Waals surface area contributed by atoms with Crippen LogP contribution in [0.2, 0.25) is 0 Å². The number of ether oxygens (including phenoxy) is 2. The fourth-order valence-corrected chi connectivity index (χ4v) is 4.48. The number of esters is 1. The van der Waals surface area contributed by atoms with E-state index < -0.39 is 6.10 Å². The molecule has 4 rings (SSSR count). The van der Waals surface area contributed by atoms with Gasteiger partial charge in [-0.15, -0.1) is 0 Å². The molecule has 1 atom stereocenters. The molecule has 2 aliphatic heterocycles. The Balaban J connectivity index is 1.26. The first-order valence-corrected chi connectivity index (χ1v) is 11.6. The van der Waals surface area contributed by atoms with Crippen LogP contribution in [0.1, 0.15) is 53.9 Å². The number of aliphatic hydroxyl groups excluding tert-OH is 1. The van der Waals surface area contributed by atoms with Gasteiger partial charge in [-0.2, -0.15) is 0 Å². The first kappa shape index (κ1) is 22.6. The summed E-state index contributed by atoms with van der Waals surface area (Å²) in [6.07, 6.45) is 4.57. The highest BCUT2D eigenvalue weighted by molar-refractivity contribution is 5.75. The molecule has 0 amide bonds. The van der Waals surface area contributed by atoms with Gasteiger partial charge in [0.1, 0.15) is 24.2 Å². The molecule has 0 spiro atoms. The molecular formula is C27H33NO4. The summed E-state index contributed by atoms with van der Waals surface area (Å²) >= 11 is 0. The summed E-state index contributed by atoms with van der Waals surface area (Å²) in [6.45, 7) is 7.16. The number of hydrogen-bond acceptors (Lipinski definition) is 5. The van der Waals surface area contributed by atoms with Crippen LogP contribution in [0.5, 0.6) is 5.75 Å². The zero-order chi connectivity index (χ0) is 22.5. The number of piperidine rings is 1. The van der Waals surface area contributed by atoms with Gasteiger partial charge in [-0.1, -0.05) is 36.4 Å². The molecule has 2 aromatic carbocycles. The van der Waals surface area contributed by atoms with Crippen LogP contribution in [0.25, 0.3) is 6.08 Å². The van der Waals surface area contributed by atoms with Crippen molar-refractivity contribution in [3.05, 3.63) is 70.5 Å². The zero-order valence-corrected chi connectivity index (χ0v) is 19.0. The highest BCUT2D eigenvalue weighted by atomic mass is 16.5. The Labute approximate surface area is 190 Å². The van der Waals surface area contributed by atoms with Crippen molar-refractivity contribution in [2.24, 2.45) is 0 Å². The van der Waals surface area contributed by atoms with Crippen LogP contribution < -0.4 is 4.74 Å². The molecule has 2 heterocycles. The smallest absolute Gasteiger partial charge is 0.311 e. The largest absolute Gasteiger partial charge is 0.490 e. The summed E-state index contributed by atoms with van der Waals surface area (Å²) in [5, 5.41) is 10.6. The Hall–Kier alpha value is -2.63. The molecule has 2 saturated heterocycles. The van der Waals surface area contributed by atoms with Crippen molar-refractivity contribution in [1.82, 2.24) is 4.90 Å². The lowest BCUT2D eigenvalue weighted by Gasteiger charge is -2.33. The second kappa shape index (κ2) is 10.3. The quantitative estimate of drug-likeness (QED) is 0.644. The Kier molecular flexibility index (Phi) is 7.28. The number of carbonyl (C=O) groups excluding carboxylic acids is 1. The lowest BCUT2D eigenvalue weighted by atomic mass is 9.88. The van der Waals surface area contributed by atoms with Crippen molar-refractivity contribution < 1.29 is 19.4 Å². The second-order valence-electron chi connectivity index (χ2n) is 9.01. The maximum Gasteiger partial charge on any atom is 0.311 e. The summed E-state index contributed by atoms with van der Waals surface area (Å²) in [7, 11) is 0. The first-order chi connectivity index (χ1) is 15.5. The predicted octanol–water partition coefficient (Wildman–Crippen LogP) is 4.60. The van der Waals surface area contributed by atoms with Crippen molar-refractivity contribution in [3.8, 4) is 5.75 Å². The maximum absolute atomic E-state index is 11.3. The molecule has 0 radical (unpaired) electrons. The van der Waals surface area contributed by atoms with Crippen LogP contribution in [-0.4, -0.2) is 48.3 Å². The Morgan fingerprint density at radius 2 is 1.91 bits per heavy atom. The van der Waals surface area contributed by atoms with E-state index in [1.165, 1.54) is 16.7 Å². The van der Waals surface area contributed by atoms with E-state index in [9.17, 15) is 9.90 Å². The standard InChI is InChI=1S/C27H33NO4/c1-19-7-8-22(15-20(19)2)21-11-13-28(14-12-21)17-24(29)18-31-26-6-4-3-5-23(26)16-25-9-10-27(30)32-25/h3-8,15-16,21,24,29H,9-14,17-18H2,1-2H3/t24-/m0/s1. The number of likely N-dealkylation sites (tertiary alicyclic amines) is 1. The van der Waals surface area contributed by atoms with Crippen LogP contribution in [0.3, 0.4) is 0 Å². The summed E-state index contributed by atoms with van der Waals surface area (Å²) in [5.41, 5.74) is 5.00. The molecule has 2 fully saturated rings. The number of nitrogens with zero attached hydrogens (tertiary/aromatic N) is 1. The number of benzene rings is 2. The van der Waals surface area contributed by atoms with Gasteiger partial charge in [-0.25, -0.2) is 0 Å². The number of aryl methyl sites for hydroxylation is 2. The van der Waals surface area contributed by atoms with E-state index >= 15 is 0 Å². The average molecular weight is 436 g/mol. The van der Waals surface area contributed by atoms with Crippen LogP contribution >= 0.6 is 0 Å². The van der Waals surface area contributed by atoms with Crippen molar-refractivity contribution in [2.75, 3.05) is 26.2 Å². The number of β-amino-alcohol motifs (C(OH)–C–C–N with tert-alkyl or cyclic N) is 1. The summed E-state index contributed by atoms with van der Waals surface area (Å²) in [4.78, 5) is 13.7. The number of para-hydroxylation sites is 1. The minimum Gasteiger partial charge on any atom is -0.490 e. The third-order valence-corrected chi connectivity index (χ3v) is 6.55. The van der Waals surface area contributed by atoms with E-state index in [2.05, 4.69) is 36.9 Å². The summed E-state index contributed by atoms with van der Waals surface area (Å²) in [6, 6.07) is 14.5. The normalized spacial score (nSPS) is 19.8. The van der Waals surface area contributed by atoms with Crippen molar-refractivity contribution >= 4 is 12.0 Å². The molecule has 1 N–H and O–H groups in total. The number of allylic oxidation sites excluding steroid dienone is 1. The number of hydrogen-bond donors (Lipinski definition) is 1. The monoisotopic (exact) mass is 435 g/mol. The van der Waals surface area contributed by atoms with Gasteiger partial charge >= 0.3 is 5.97 Å². The predicted molar refractivity (Wildman–Crippen MR) is 126 cm³/mol. The number of cyclic esters (lactones) is 1. The van der Waals surface area contributed by atoms with Gasteiger partial charge in [0, 0.05) is 18.5 Å². The highest BCUT2D eigenvalue weighted by Gasteiger charge is 2.23. The SMILES string of the molecule is Cc1ccc(C2CCN(C[C@H](O)COc3ccccc3C=C3CCC(=O)O3)CC2)cc1C. The molecular weight excluding hydrogens is 402 g/mol. The van der Waals surface area contributed by atoms with Crippen molar-refractivity contribution in [3.63, 3.8) is 0 Å². The fraction of sp³-hybridized carbons (Fsp3) is 0.444. The van der Waals surface area contributed by atoms with E-state index in [4.69, 9.17) is 9.47 Å². The summed E-state index contributed by atoms with van der Waals surface area (Å²) < 4.78 is 11.1. The molecule has 0 aromatic heterocycles. The third-order valence-electron chi connectivity index (χ3n) is 6.55. The number of rotatable bonds is 7. The lowest BCUT2D eigenvalue weighted by Crippen LogP contribution is -2.40. The molecule has 32 heavy (non-hydrogen) atoms. The molecule has 5 heteroatoms. The van der Waals surface area contributed by atoms with E-state index in [1.807, 2.05) is 30.3 Å². The van der Waals surface area contributed by atoms with Crippen molar-refractivity contribution in [2.45, 2.75) is 51.6 Å². The fourth-order valence-electron chi connectivity index (χ4n) is 4.48. The van der Waals surface area contributed by atoms with Crippen LogP contribution in [0.15, 0.2) is 48.2 Å². The van der Waals surface area contributed by atoms with Crippen LogP contribution in [0.4, 0.5) is 0 Å². The van der Waals surface area contributed by atoms with Gasteiger partial charge in [0.05, 0.1) is 6.42 Å². The molecule has 170 valence electrons. The number of aliphatic hydroxyl groups is 1. The molecule has 0 saturated carbocycles. The Morgan fingerprint density at radius 1 is 1.12 bits per heavy atom. The van der Waals surface area contributed by atoms with Crippen LogP contribution in [-0.2, 0) is 9.53 Å². The Bertz CT molecular complexity index is 975. The molecule has 0 bridgehead atoms. The Morgan fingerprint density at radius 3 is 2.62 bits per heavy atom. The van der Waals surface area contributed by atoms with Crippen molar-refractivity contribution in [1.29, 1.82) is 0 Å². The van der Waals surface area contributed by atoms with E-state index in [0.717, 1.165) is 31.5 Å². The maximum atomic E-state index is 11.3. The minimum absolute atomic E-state index is 0.189. The zero-order valence-electron chi connectivity index (χ0n) is 19.0. The van der Waals surface area contributed by atoms with Gasteiger partial charge in [0.2, 0.25) is 0 Å². The van der Waals surface area contributed by atoms with Gasteiger partial charge in [0.25, 0.3) is 0 Å². The molecule has 0 aliphatic carbocycles. The molecule has 2 aliphatic rings. The van der Waals surface area contributed by atoms with Crippen LogP contribution in [0, 0.1) is 13.8 Å². The van der Waals surface area contributed by atoms with E-state index in [1.54, 1.807) is 0 Å². The minimum atomic E-state index is -0.557. The second-order valence-corrected chi connectivity index (χ2v) is 9.01. The van der Waals surface area contributed by atoms with Gasteiger partial charge in [-0.3, -0.25) is 4.79 Å². The molecule has 5 nitrogen and oxygen atoms in total. The first-order valence-electron chi connectivity index (χ1n) is 11.6. The topological polar surface area (TPSA) is 59.0 Å². The average Bonchev–Trinajstić information content (AvgIpc) is 3.20. The molecule has 2 aromatic rings. The number of carbonyl (C=O) groups is 1. The molecule has 0 unspecified atom stereocenters. The van der Waals surface area contributed by atoms with E-state index in [0.29, 0.717) is 36.8 Å². The van der Waals surface area contributed by atoms with E-state index in [-0.39, 0.29) is 12.6 Å². The lowest BCUT2D eigenvalue weighted by molar-refractivity contribution is -0.135. The van der Waals surface area contributed by atoms with Gasteiger partial charge in [-0.05, 0) is 74.5 Å².